The van der Waals surface area contributed by atoms with Gasteiger partial charge < -0.3 is 0 Å². The van der Waals surface area contributed by atoms with Gasteiger partial charge in [0.25, 0.3) is 6.43 Å². The molecule has 0 fully saturated rings. The Hall–Kier alpha value is 0.150. The van der Waals surface area contributed by atoms with E-state index < -0.39 is 17.8 Å². The summed E-state index contributed by atoms with van der Waals surface area (Å²) >= 11 is 4.57. The van der Waals surface area contributed by atoms with Crippen LogP contribution in [-0.2, 0) is 5.33 Å². The Morgan fingerprint density at radius 3 is 2.62 bits per heavy atom. The van der Waals surface area contributed by atoms with Gasteiger partial charge in [0.15, 0.2) is 5.82 Å². The van der Waals surface area contributed by atoms with E-state index in [1.165, 1.54) is 6.20 Å². The fourth-order valence-corrected chi connectivity index (χ4v) is 1.73. The predicted molar refractivity (Wildman–Crippen MR) is 54.5 cm³/mol. The van der Waals surface area contributed by atoms with Crippen molar-refractivity contribution in [1.29, 1.82) is 0 Å². The highest BCUT2D eigenvalue weighted by Crippen LogP contribution is 2.28. The summed E-state index contributed by atoms with van der Waals surface area (Å²) in [7, 11) is 0. The molecule has 0 saturated heterocycles. The Labute approximate surface area is 95.0 Å². The van der Waals surface area contributed by atoms with E-state index in [4.69, 9.17) is 0 Å². The van der Waals surface area contributed by atoms with Gasteiger partial charge in [-0.2, -0.15) is 0 Å². The molecule has 0 N–H and O–H groups in total. The summed E-state index contributed by atoms with van der Waals surface area (Å²) in [6.07, 6.45) is -1.55. The lowest BCUT2D eigenvalue weighted by atomic mass is 10.1. The minimum atomic E-state index is -2.80. The molecule has 72 valence electrons. The highest BCUT2D eigenvalue weighted by molar-refractivity contribution is 14.1. The molecule has 0 aliphatic rings. The molecule has 1 heterocycles. The number of hydrogen-bond acceptors (Lipinski definition) is 1. The standard InChI is InChI=1S/C7H4BrF3IN/c8-1-3-2-13-7(12)5(9)4(3)6(10)11/h2,6H,1H2. The fourth-order valence-electron chi connectivity index (χ4n) is 0.855. The predicted octanol–water partition coefficient (Wildman–Crippen LogP) is 3.66. The van der Waals surface area contributed by atoms with Gasteiger partial charge in [0.2, 0.25) is 0 Å². The number of halogens is 5. The zero-order valence-electron chi connectivity index (χ0n) is 6.20. The van der Waals surface area contributed by atoms with Crippen LogP contribution in [0.25, 0.3) is 0 Å². The molecule has 1 aromatic heterocycles. The quantitative estimate of drug-likeness (QED) is 0.443. The van der Waals surface area contributed by atoms with Gasteiger partial charge in [-0.05, 0) is 28.2 Å². The molecule has 0 radical (unpaired) electrons. The van der Waals surface area contributed by atoms with Crippen molar-refractivity contribution in [3.63, 3.8) is 0 Å². The van der Waals surface area contributed by atoms with E-state index in [1.807, 2.05) is 0 Å². The van der Waals surface area contributed by atoms with Gasteiger partial charge in [0.1, 0.15) is 3.70 Å². The number of hydrogen-bond donors (Lipinski definition) is 0. The first-order valence-electron chi connectivity index (χ1n) is 3.24. The summed E-state index contributed by atoms with van der Waals surface area (Å²) < 4.78 is 37.8. The largest absolute Gasteiger partial charge is 0.267 e. The van der Waals surface area contributed by atoms with Crippen LogP contribution in [0, 0.1) is 9.52 Å². The number of rotatable bonds is 2. The van der Waals surface area contributed by atoms with Gasteiger partial charge in [-0.1, -0.05) is 15.9 Å². The zero-order valence-corrected chi connectivity index (χ0v) is 9.94. The Morgan fingerprint density at radius 1 is 1.54 bits per heavy atom. The molecular weight excluding hydrogens is 362 g/mol. The lowest BCUT2D eigenvalue weighted by molar-refractivity contribution is 0.145. The number of pyridine rings is 1. The summed E-state index contributed by atoms with van der Waals surface area (Å²) in [6.45, 7) is 0. The van der Waals surface area contributed by atoms with E-state index in [2.05, 4.69) is 20.9 Å². The van der Waals surface area contributed by atoms with Crippen LogP contribution in [0.1, 0.15) is 17.6 Å². The molecule has 6 heteroatoms. The van der Waals surface area contributed by atoms with Crippen LogP contribution in [0.2, 0.25) is 0 Å². The van der Waals surface area contributed by atoms with Crippen LogP contribution in [0.3, 0.4) is 0 Å². The third kappa shape index (κ3) is 2.34. The van der Waals surface area contributed by atoms with Gasteiger partial charge in [0.05, 0.1) is 5.56 Å². The molecule has 1 nitrogen and oxygen atoms in total. The molecule has 0 aromatic carbocycles. The average Bonchev–Trinajstić information content (AvgIpc) is 2.08. The SMILES string of the molecule is Fc1c(I)ncc(CBr)c1C(F)F. The third-order valence-corrected chi connectivity index (χ3v) is 2.82. The van der Waals surface area contributed by atoms with Crippen LogP contribution in [0.4, 0.5) is 13.2 Å². The van der Waals surface area contributed by atoms with Crippen molar-refractivity contribution < 1.29 is 13.2 Å². The normalized spacial score (nSPS) is 10.9. The summed E-state index contributed by atoms with van der Waals surface area (Å²) in [5.74, 6) is -0.924. The van der Waals surface area contributed by atoms with E-state index in [0.717, 1.165) is 0 Å². The van der Waals surface area contributed by atoms with Crippen LogP contribution >= 0.6 is 38.5 Å². The Bertz CT molecular complexity index is 319. The van der Waals surface area contributed by atoms with Crippen LogP contribution < -0.4 is 0 Å². The van der Waals surface area contributed by atoms with Gasteiger partial charge in [0, 0.05) is 11.5 Å². The third-order valence-electron chi connectivity index (χ3n) is 1.46. The maximum atomic E-state index is 13.1. The topological polar surface area (TPSA) is 12.9 Å². The minimum Gasteiger partial charge on any atom is -0.247 e. The summed E-state index contributed by atoms with van der Waals surface area (Å²) in [5, 5.41) is 0.174. The van der Waals surface area contributed by atoms with Crippen molar-refractivity contribution in [3.05, 3.63) is 26.8 Å². The fraction of sp³-hybridized carbons (Fsp3) is 0.286. The molecule has 1 aromatic rings. The Morgan fingerprint density at radius 2 is 2.15 bits per heavy atom. The van der Waals surface area contributed by atoms with E-state index >= 15 is 0 Å². The Kier molecular flexibility index (Phi) is 3.96. The number of alkyl halides is 3. The van der Waals surface area contributed by atoms with E-state index in [1.54, 1.807) is 22.6 Å². The van der Waals surface area contributed by atoms with Crippen molar-refractivity contribution in [3.8, 4) is 0 Å². The van der Waals surface area contributed by atoms with Crippen molar-refractivity contribution >= 4 is 38.5 Å². The van der Waals surface area contributed by atoms with E-state index in [-0.39, 0.29) is 14.6 Å². The molecule has 0 aliphatic heterocycles. The van der Waals surface area contributed by atoms with Crippen molar-refractivity contribution in [2.24, 2.45) is 0 Å². The van der Waals surface area contributed by atoms with Crippen molar-refractivity contribution in [2.75, 3.05) is 0 Å². The maximum Gasteiger partial charge on any atom is 0.267 e. The second-order valence-corrected chi connectivity index (χ2v) is 3.82. The average molecular weight is 366 g/mol. The molecule has 0 atom stereocenters. The lowest BCUT2D eigenvalue weighted by Gasteiger charge is -2.07. The number of aromatic nitrogens is 1. The smallest absolute Gasteiger partial charge is 0.247 e. The summed E-state index contributed by atoms with van der Waals surface area (Å²) in [6, 6.07) is 0. The van der Waals surface area contributed by atoms with E-state index in [0.29, 0.717) is 0 Å². The monoisotopic (exact) mass is 365 g/mol. The van der Waals surface area contributed by atoms with E-state index in [9.17, 15) is 13.2 Å². The molecule has 0 spiro atoms. The summed E-state index contributed by atoms with van der Waals surface area (Å²) in [4.78, 5) is 3.64. The highest BCUT2D eigenvalue weighted by Gasteiger charge is 2.20. The second-order valence-electron chi connectivity index (χ2n) is 2.24. The number of nitrogens with zero attached hydrogens (tertiary/aromatic N) is 1. The molecule has 0 unspecified atom stereocenters. The molecule has 0 aliphatic carbocycles. The molecule has 1 rings (SSSR count). The van der Waals surface area contributed by atoms with Gasteiger partial charge in [-0.15, -0.1) is 0 Å². The Balaban J connectivity index is 3.32. The highest BCUT2D eigenvalue weighted by atomic mass is 127. The molecule has 0 saturated carbocycles. The van der Waals surface area contributed by atoms with Gasteiger partial charge in [-0.25, -0.2) is 18.2 Å². The minimum absolute atomic E-state index is 0.0300. The first-order chi connectivity index (χ1) is 6.07. The lowest BCUT2D eigenvalue weighted by Crippen LogP contribution is -2.01. The molecule has 0 amide bonds. The van der Waals surface area contributed by atoms with Crippen LogP contribution in [-0.4, -0.2) is 4.98 Å². The molecule has 0 bridgehead atoms. The van der Waals surface area contributed by atoms with Gasteiger partial charge >= 0.3 is 0 Å². The van der Waals surface area contributed by atoms with Crippen molar-refractivity contribution in [1.82, 2.24) is 4.98 Å². The first kappa shape index (κ1) is 11.2. The van der Waals surface area contributed by atoms with Crippen molar-refractivity contribution in [2.45, 2.75) is 11.8 Å². The first-order valence-corrected chi connectivity index (χ1v) is 5.44. The van der Waals surface area contributed by atoms with Gasteiger partial charge in [-0.3, -0.25) is 0 Å². The molecule has 13 heavy (non-hydrogen) atoms. The van der Waals surface area contributed by atoms with Crippen LogP contribution in [0.5, 0.6) is 0 Å². The molecular formula is C7H4BrF3IN. The summed E-state index contributed by atoms with van der Waals surface area (Å²) in [5.41, 5.74) is -0.371. The van der Waals surface area contributed by atoms with Crippen LogP contribution in [0.15, 0.2) is 6.20 Å². The second kappa shape index (κ2) is 4.59. The maximum absolute atomic E-state index is 13.1. The zero-order chi connectivity index (χ0) is 10.0.